The van der Waals surface area contributed by atoms with Crippen LogP contribution in [0.4, 0.5) is 8.78 Å². The van der Waals surface area contributed by atoms with Crippen molar-refractivity contribution in [2.75, 3.05) is 20.8 Å². The van der Waals surface area contributed by atoms with Crippen molar-refractivity contribution < 1.29 is 18.3 Å². The molecule has 1 aliphatic heterocycles. The summed E-state index contributed by atoms with van der Waals surface area (Å²) in [6.45, 7) is 1.22. The molecule has 3 nitrogen and oxygen atoms in total. The van der Waals surface area contributed by atoms with Crippen LogP contribution in [0.25, 0.3) is 0 Å². The zero-order chi connectivity index (χ0) is 17.1. The molecule has 0 aliphatic carbocycles. The van der Waals surface area contributed by atoms with Gasteiger partial charge in [0.1, 0.15) is 11.5 Å². The summed E-state index contributed by atoms with van der Waals surface area (Å²) in [6, 6.07) is 10.2. The molecule has 1 aliphatic rings. The molecule has 1 saturated heterocycles. The predicted molar refractivity (Wildman–Crippen MR) is 88.3 cm³/mol. The number of hydrogen-bond acceptors (Lipinski definition) is 3. The van der Waals surface area contributed by atoms with Gasteiger partial charge < -0.3 is 9.47 Å². The Morgan fingerprint density at radius 1 is 1.12 bits per heavy atom. The van der Waals surface area contributed by atoms with E-state index in [1.54, 1.807) is 26.4 Å². The Morgan fingerprint density at radius 2 is 1.96 bits per heavy atom. The van der Waals surface area contributed by atoms with E-state index in [1.807, 2.05) is 18.2 Å². The first-order valence-electron chi connectivity index (χ1n) is 8.03. The molecule has 0 bridgehead atoms. The molecule has 1 fully saturated rings. The number of rotatable bonds is 5. The Kier molecular flexibility index (Phi) is 5.00. The SMILES string of the molecule is COc1ccc(C2CCCN2Cc2cccc(F)c2F)c(OC)c1. The first-order valence-corrected chi connectivity index (χ1v) is 8.03. The minimum absolute atomic E-state index is 0.119. The predicted octanol–water partition coefficient (Wildman–Crippen LogP) is 4.32. The van der Waals surface area contributed by atoms with Gasteiger partial charge in [-0.2, -0.15) is 0 Å². The van der Waals surface area contributed by atoms with Gasteiger partial charge in [0.2, 0.25) is 0 Å². The van der Waals surface area contributed by atoms with Crippen LogP contribution in [0.3, 0.4) is 0 Å². The lowest BCUT2D eigenvalue weighted by molar-refractivity contribution is 0.238. The maximum Gasteiger partial charge on any atom is 0.163 e. The van der Waals surface area contributed by atoms with Crippen LogP contribution in [0.15, 0.2) is 36.4 Å². The largest absolute Gasteiger partial charge is 0.497 e. The summed E-state index contributed by atoms with van der Waals surface area (Å²) in [5, 5.41) is 0. The highest BCUT2D eigenvalue weighted by Gasteiger charge is 2.29. The van der Waals surface area contributed by atoms with Crippen LogP contribution in [0, 0.1) is 11.6 Å². The maximum absolute atomic E-state index is 14.0. The third kappa shape index (κ3) is 3.22. The van der Waals surface area contributed by atoms with Crippen molar-refractivity contribution >= 4 is 0 Å². The number of benzene rings is 2. The summed E-state index contributed by atoms with van der Waals surface area (Å²) in [6.07, 6.45) is 1.97. The van der Waals surface area contributed by atoms with Crippen molar-refractivity contribution in [3.05, 3.63) is 59.2 Å². The molecule has 24 heavy (non-hydrogen) atoms. The molecule has 0 radical (unpaired) electrons. The van der Waals surface area contributed by atoms with Crippen LogP contribution in [0.1, 0.15) is 30.0 Å². The molecule has 5 heteroatoms. The summed E-state index contributed by atoms with van der Waals surface area (Å²) in [7, 11) is 3.24. The van der Waals surface area contributed by atoms with Crippen molar-refractivity contribution in [3.8, 4) is 11.5 Å². The first kappa shape index (κ1) is 16.7. The molecular weight excluding hydrogens is 312 g/mol. The van der Waals surface area contributed by atoms with Crippen molar-refractivity contribution in [2.45, 2.75) is 25.4 Å². The van der Waals surface area contributed by atoms with E-state index in [1.165, 1.54) is 0 Å². The van der Waals surface area contributed by atoms with Gasteiger partial charge in [0.05, 0.1) is 14.2 Å². The Labute approximate surface area is 140 Å². The first-order chi connectivity index (χ1) is 11.6. The van der Waals surface area contributed by atoms with E-state index in [0.717, 1.165) is 42.5 Å². The van der Waals surface area contributed by atoms with E-state index in [9.17, 15) is 8.78 Å². The highest BCUT2D eigenvalue weighted by atomic mass is 19.2. The van der Waals surface area contributed by atoms with Crippen LogP contribution in [0.2, 0.25) is 0 Å². The van der Waals surface area contributed by atoms with Crippen molar-refractivity contribution in [2.24, 2.45) is 0 Å². The molecule has 2 aromatic carbocycles. The van der Waals surface area contributed by atoms with Crippen LogP contribution in [-0.2, 0) is 6.54 Å². The summed E-state index contributed by atoms with van der Waals surface area (Å²) in [5.41, 5.74) is 1.43. The van der Waals surface area contributed by atoms with E-state index in [2.05, 4.69) is 4.90 Å². The van der Waals surface area contributed by atoms with Gasteiger partial charge in [-0.25, -0.2) is 8.78 Å². The zero-order valence-corrected chi connectivity index (χ0v) is 13.9. The standard InChI is InChI=1S/C19H21F2NO2/c1-23-14-8-9-15(18(11-14)24-2)17-7-4-10-22(17)12-13-5-3-6-16(20)19(13)21/h3,5-6,8-9,11,17H,4,7,10,12H2,1-2H3. The number of ether oxygens (including phenoxy) is 2. The molecule has 0 spiro atoms. The van der Waals surface area contributed by atoms with Gasteiger partial charge in [-0.15, -0.1) is 0 Å². The fourth-order valence-corrected chi connectivity index (χ4v) is 3.35. The number of hydrogen-bond donors (Lipinski definition) is 0. The number of halogens is 2. The van der Waals surface area contributed by atoms with Crippen LogP contribution >= 0.6 is 0 Å². The van der Waals surface area contributed by atoms with E-state index in [0.29, 0.717) is 12.1 Å². The van der Waals surface area contributed by atoms with Gasteiger partial charge >= 0.3 is 0 Å². The molecule has 2 aromatic rings. The minimum atomic E-state index is -0.801. The summed E-state index contributed by atoms with van der Waals surface area (Å²) in [5.74, 6) is -0.0718. The minimum Gasteiger partial charge on any atom is -0.497 e. The fraction of sp³-hybridized carbons (Fsp3) is 0.368. The Morgan fingerprint density at radius 3 is 2.71 bits per heavy atom. The summed E-state index contributed by atoms with van der Waals surface area (Å²) >= 11 is 0. The van der Waals surface area contributed by atoms with E-state index in [-0.39, 0.29) is 6.04 Å². The molecule has 3 rings (SSSR count). The average Bonchev–Trinajstić information content (AvgIpc) is 3.06. The maximum atomic E-state index is 14.0. The van der Waals surface area contributed by atoms with Crippen molar-refractivity contribution in [3.63, 3.8) is 0 Å². The van der Waals surface area contributed by atoms with Gasteiger partial charge in [0.25, 0.3) is 0 Å². The Balaban J connectivity index is 1.87. The fourth-order valence-electron chi connectivity index (χ4n) is 3.35. The monoisotopic (exact) mass is 333 g/mol. The smallest absolute Gasteiger partial charge is 0.163 e. The van der Waals surface area contributed by atoms with Crippen LogP contribution in [-0.4, -0.2) is 25.7 Å². The van der Waals surface area contributed by atoms with Gasteiger partial charge in [-0.05, 0) is 31.5 Å². The number of nitrogens with zero attached hydrogens (tertiary/aromatic N) is 1. The zero-order valence-electron chi connectivity index (χ0n) is 13.9. The highest BCUT2D eigenvalue weighted by Crippen LogP contribution is 2.39. The number of methoxy groups -OCH3 is 2. The lowest BCUT2D eigenvalue weighted by Gasteiger charge is -2.26. The topological polar surface area (TPSA) is 21.7 Å². The summed E-state index contributed by atoms with van der Waals surface area (Å²) < 4.78 is 38.2. The van der Waals surface area contributed by atoms with Gasteiger partial charge in [-0.1, -0.05) is 18.2 Å². The second kappa shape index (κ2) is 7.18. The number of likely N-dealkylation sites (tertiary alicyclic amines) is 1. The second-order valence-electron chi connectivity index (χ2n) is 5.95. The summed E-state index contributed by atoms with van der Waals surface area (Å²) in [4.78, 5) is 2.17. The second-order valence-corrected chi connectivity index (χ2v) is 5.95. The van der Waals surface area contributed by atoms with Crippen LogP contribution in [0.5, 0.6) is 11.5 Å². The molecule has 1 heterocycles. The molecular formula is C19H21F2NO2. The Bertz CT molecular complexity index is 721. The third-order valence-electron chi connectivity index (χ3n) is 4.57. The molecule has 0 N–H and O–H groups in total. The van der Waals surface area contributed by atoms with Crippen molar-refractivity contribution in [1.82, 2.24) is 4.90 Å². The molecule has 128 valence electrons. The average molecular weight is 333 g/mol. The van der Waals surface area contributed by atoms with E-state index >= 15 is 0 Å². The Hall–Kier alpha value is -2.14. The third-order valence-corrected chi connectivity index (χ3v) is 4.57. The van der Waals surface area contributed by atoms with E-state index < -0.39 is 11.6 Å². The highest BCUT2D eigenvalue weighted by molar-refractivity contribution is 5.43. The molecule has 1 atom stereocenters. The molecule has 0 saturated carbocycles. The van der Waals surface area contributed by atoms with E-state index in [4.69, 9.17) is 9.47 Å². The molecule has 0 aromatic heterocycles. The van der Waals surface area contributed by atoms with Crippen molar-refractivity contribution in [1.29, 1.82) is 0 Å². The lowest BCUT2D eigenvalue weighted by atomic mass is 10.0. The van der Waals surface area contributed by atoms with Gasteiger partial charge in [0.15, 0.2) is 11.6 Å². The van der Waals surface area contributed by atoms with Crippen LogP contribution < -0.4 is 9.47 Å². The molecule has 0 amide bonds. The van der Waals surface area contributed by atoms with Gasteiger partial charge in [0, 0.05) is 29.8 Å². The lowest BCUT2D eigenvalue weighted by Crippen LogP contribution is -2.24. The molecule has 1 unspecified atom stereocenters. The normalized spacial score (nSPS) is 17.9. The quantitative estimate of drug-likeness (QED) is 0.813. The van der Waals surface area contributed by atoms with Gasteiger partial charge in [-0.3, -0.25) is 4.90 Å².